The van der Waals surface area contributed by atoms with Gasteiger partial charge in [-0.25, -0.2) is 9.59 Å². The molecular formula is C34H50N2O6. The van der Waals surface area contributed by atoms with Crippen molar-refractivity contribution >= 4 is 23.8 Å². The Hall–Kier alpha value is -3.94. The highest BCUT2D eigenvalue weighted by Crippen LogP contribution is 2.05. The Morgan fingerprint density at radius 2 is 1.19 bits per heavy atom. The van der Waals surface area contributed by atoms with Gasteiger partial charge in [0.15, 0.2) is 0 Å². The maximum absolute atomic E-state index is 12.3. The third-order valence-electron chi connectivity index (χ3n) is 5.75. The summed E-state index contributed by atoms with van der Waals surface area (Å²) in [6, 6.07) is -0.734. The lowest BCUT2D eigenvalue weighted by Gasteiger charge is -2.16. The summed E-state index contributed by atoms with van der Waals surface area (Å²) in [4.78, 5) is 47.0. The number of hydrogen-bond donors (Lipinski definition) is 2. The minimum absolute atomic E-state index is 0.217. The predicted octanol–water partition coefficient (Wildman–Crippen LogP) is 6.14. The van der Waals surface area contributed by atoms with E-state index in [4.69, 9.17) is 4.74 Å². The molecule has 0 saturated carbocycles. The molecule has 0 rings (SSSR count). The summed E-state index contributed by atoms with van der Waals surface area (Å²) in [5, 5.41) is 5.37. The first kappa shape index (κ1) is 38.1. The number of allylic oxidation sites excluding steroid dienone is 12. The van der Waals surface area contributed by atoms with Crippen LogP contribution < -0.4 is 10.6 Å². The molecule has 0 radical (unpaired) electrons. The Labute approximate surface area is 252 Å². The van der Waals surface area contributed by atoms with Crippen LogP contribution in [0.5, 0.6) is 0 Å². The number of carbonyl (C=O) groups is 4. The Morgan fingerprint density at radius 1 is 0.667 bits per heavy atom. The number of ether oxygens (including phenoxy) is 2. The van der Waals surface area contributed by atoms with E-state index in [1.54, 1.807) is 0 Å². The summed E-state index contributed by atoms with van der Waals surface area (Å²) in [5.41, 5.74) is 0. The van der Waals surface area contributed by atoms with E-state index < -0.39 is 23.9 Å². The van der Waals surface area contributed by atoms with Crippen molar-refractivity contribution in [2.45, 2.75) is 83.6 Å². The standard InChI is InChI=1S/C34H50N2O6/c1-4-5-6-7-8-9-10-11-12-13-14-15-16-17-18-19-20-21-22-26-32(38)36-30(34(40)42-3)25-23-24-29-35-31(37)27-28-33(39)41-2/h5-6,8-9,11-12,14-15,17-18,20-21,27-28,30H,4,7,10,13,16,19,22-26,29H2,1-3H3,(H,35,37)(H,36,38)/t30-/m0/s1. The Morgan fingerprint density at radius 3 is 1.69 bits per heavy atom. The SMILES string of the molecule is CCC=CCC=CCC=CCC=CCC=CCC=CCCC(=O)N[C@@H](CCCCNC(=O)C=CC(=O)OC)C(=O)OC. The first-order valence-electron chi connectivity index (χ1n) is 14.8. The second-order valence-electron chi connectivity index (χ2n) is 9.24. The molecule has 0 saturated heterocycles. The first-order chi connectivity index (χ1) is 20.4. The zero-order valence-electron chi connectivity index (χ0n) is 25.6. The molecule has 0 fully saturated rings. The smallest absolute Gasteiger partial charge is 0.330 e. The van der Waals surface area contributed by atoms with Crippen molar-refractivity contribution in [3.8, 4) is 0 Å². The number of hydrogen-bond acceptors (Lipinski definition) is 6. The van der Waals surface area contributed by atoms with Gasteiger partial charge >= 0.3 is 11.9 Å². The van der Waals surface area contributed by atoms with Gasteiger partial charge in [-0.15, -0.1) is 0 Å². The van der Waals surface area contributed by atoms with Gasteiger partial charge in [0.2, 0.25) is 11.8 Å². The molecule has 0 aliphatic carbocycles. The van der Waals surface area contributed by atoms with E-state index in [0.717, 1.165) is 50.7 Å². The molecule has 0 aromatic rings. The molecule has 2 amide bonds. The van der Waals surface area contributed by atoms with Crippen LogP contribution in [0.25, 0.3) is 0 Å². The van der Waals surface area contributed by atoms with Gasteiger partial charge in [-0.05, 0) is 64.2 Å². The molecule has 0 aliphatic rings. The highest BCUT2D eigenvalue weighted by molar-refractivity contribution is 5.94. The zero-order valence-corrected chi connectivity index (χ0v) is 25.6. The second-order valence-corrected chi connectivity index (χ2v) is 9.24. The second kappa shape index (κ2) is 28.6. The maximum atomic E-state index is 12.3. The molecule has 42 heavy (non-hydrogen) atoms. The van der Waals surface area contributed by atoms with Crippen LogP contribution in [-0.4, -0.2) is 50.6 Å². The Bertz CT molecular complexity index is 973. The molecule has 0 aromatic heterocycles. The molecule has 0 aliphatic heterocycles. The van der Waals surface area contributed by atoms with Crippen molar-refractivity contribution in [2.75, 3.05) is 20.8 Å². The fraction of sp³-hybridized carbons (Fsp3) is 0.471. The normalized spacial score (nSPS) is 12.9. The van der Waals surface area contributed by atoms with Crippen LogP contribution >= 0.6 is 0 Å². The molecule has 2 N–H and O–H groups in total. The number of rotatable bonds is 23. The van der Waals surface area contributed by atoms with Crippen molar-refractivity contribution in [3.63, 3.8) is 0 Å². The van der Waals surface area contributed by atoms with Crippen LogP contribution in [0, 0.1) is 0 Å². The summed E-state index contributed by atoms with van der Waals surface area (Å²) in [6.45, 7) is 2.51. The van der Waals surface area contributed by atoms with Crippen LogP contribution in [0.4, 0.5) is 0 Å². The quantitative estimate of drug-likeness (QED) is 0.0648. The fourth-order valence-corrected chi connectivity index (χ4v) is 3.47. The van der Waals surface area contributed by atoms with Gasteiger partial charge in [0.25, 0.3) is 0 Å². The van der Waals surface area contributed by atoms with Gasteiger partial charge in [-0.3, -0.25) is 9.59 Å². The van der Waals surface area contributed by atoms with Gasteiger partial charge in [0.05, 0.1) is 14.2 Å². The van der Waals surface area contributed by atoms with Crippen molar-refractivity contribution in [2.24, 2.45) is 0 Å². The van der Waals surface area contributed by atoms with Crippen LogP contribution in [-0.2, 0) is 28.7 Å². The van der Waals surface area contributed by atoms with E-state index in [2.05, 4.69) is 83.1 Å². The van der Waals surface area contributed by atoms with Crippen LogP contribution in [0.15, 0.2) is 85.1 Å². The number of nitrogens with one attached hydrogen (secondary N) is 2. The molecule has 8 heteroatoms. The van der Waals surface area contributed by atoms with E-state index in [0.29, 0.717) is 32.2 Å². The maximum Gasteiger partial charge on any atom is 0.330 e. The van der Waals surface area contributed by atoms with Crippen molar-refractivity contribution in [1.82, 2.24) is 10.6 Å². The number of methoxy groups -OCH3 is 2. The number of esters is 2. The Balaban J connectivity index is 4.06. The number of unbranched alkanes of at least 4 members (excludes halogenated alkanes) is 1. The molecule has 0 unspecified atom stereocenters. The molecule has 1 atom stereocenters. The lowest BCUT2D eigenvalue weighted by molar-refractivity contribution is -0.145. The van der Waals surface area contributed by atoms with E-state index in [1.165, 1.54) is 14.2 Å². The molecule has 0 heterocycles. The molecular weight excluding hydrogens is 532 g/mol. The Kier molecular flexibility index (Phi) is 25.9. The average molecular weight is 583 g/mol. The van der Waals surface area contributed by atoms with Crippen LogP contribution in [0.1, 0.15) is 77.6 Å². The lowest BCUT2D eigenvalue weighted by Crippen LogP contribution is -2.41. The third kappa shape index (κ3) is 25.1. The highest BCUT2D eigenvalue weighted by Gasteiger charge is 2.20. The summed E-state index contributed by atoms with van der Waals surface area (Å²) < 4.78 is 9.23. The van der Waals surface area contributed by atoms with E-state index in [9.17, 15) is 19.2 Å². The van der Waals surface area contributed by atoms with Crippen LogP contribution in [0.2, 0.25) is 0 Å². The highest BCUT2D eigenvalue weighted by atomic mass is 16.5. The number of carbonyl (C=O) groups excluding carboxylic acids is 4. The topological polar surface area (TPSA) is 111 Å². The van der Waals surface area contributed by atoms with Gasteiger partial charge in [-0.1, -0.05) is 79.8 Å². The molecule has 0 aromatic carbocycles. The summed E-state index contributed by atoms with van der Waals surface area (Å²) in [5.74, 6) is -1.73. The molecule has 232 valence electrons. The van der Waals surface area contributed by atoms with Crippen molar-refractivity contribution in [3.05, 3.63) is 85.1 Å². The summed E-state index contributed by atoms with van der Waals surface area (Å²) >= 11 is 0. The average Bonchev–Trinajstić information content (AvgIpc) is 2.99. The zero-order chi connectivity index (χ0) is 31.1. The minimum atomic E-state index is -0.734. The van der Waals surface area contributed by atoms with Gasteiger partial charge < -0.3 is 20.1 Å². The minimum Gasteiger partial charge on any atom is -0.467 e. The fourth-order valence-electron chi connectivity index (χ4n) is 3.47. The van der Waals surface area contributed by atoms with Gasteiger partial charge in [0, 0.05) is 25.1 Å². The van der Waals surface area contributed by atoms with E-state index in [-0.39, 0.29) is 12.3 Å². The van der Waals surface area contributed by atoms with Gasteiger partial charge in [0.1, 0.15) is 6.04 Å². The predicted molar refractivity (Wildman–Crippen MR) is 169 cm³/mol. The monoisotopic (exact) mass is 582 g/mol. The van der Waals surface area contributed by atoms with Crippen molar-refractivity contribution in [1.29, 1.82) is 0 Å². The van der Waals surface area contributed by atoms with E-state index in [1.807, 2.05) is 12.2 Å². The summed E-state index contributed by atoms with van der Waals surface area (Å²) in [6.07, 6.45) is 35.9. The van der Waals surface area contributed by atoms with Crippen molar-refractivity contribution < 1.29 is 28.7 Å². The van der Waals surface area contributed by atoms with Crippen LogP contribution in [0.3, 0.4) is 0 Å². The molecule has 8 nitrogen and oxygen atoms in total. The first-order valence-corrected chi connectivity index (χ1v) is 14.8. The summed E-state index contributed by atoms with van der Waals surface area (Å²) in [7, 11) is 2.51. The van der Waals surface area contributed by atoms with Gasteiger partial charge in [-0.2, -0.15) is 0 Å². The number of amides is 2. The lowest BCUT2D eigenvalue weighted by atomic mass is 10.1. The molecule has 0 bridgehead atoms. The molecule has 0 spiro atoms. The largest absolute Gasteiger partial charge is 0.467 e. The van der Waals surface area contributed by atoms with E-state index >= 15 is 0 Å². The third-order valence-corrected chi connectivity index (χ3v) is 5.75.